The molecule has 0 spiro atoms. The zero-order chi connectivity index (χ0) is 16.5. The van der Waals surface area contributed by atoms with Gasteiger partial charge in [0.2, 0.25) is 5.91 Å². The number of benzene rings is 1. The quantitative estimate of drug-likeness (QED) is 0.752. The minimum Gasteiger partial charge on any atom is -0.494 e. The van der Waals surface area contributed by atoms with E-state index in [1.165, 1.54) is 18.4 Å². The molecule has 1 atom stereocenters. The number of aryl methyl sites for hydroxylation is 1. The van der Waals surface area contributed by atoms with Crippen LogP contribution in [-0.4, -0.2) is 30.5 Å². The van der Waals surface area contributed by atoms with Crippen LogP contribution in [0, 0.1) is 24.2 Å². The van der Waals surface area contributed by atoms with E-state index < -0.39 is 5.92 Å². The Bertz CT molecular complexity index is 525. The van der Waals surface area contributed by atoms with Crippen LogP contribution in [0.5, 0.6) is 5.75 Å². The van der Waals surface area contributed by atoms with Gasteiger partial charge in [0.25, 0.3) is 0 Å². The normalized spacial score (nSPS) is 16.3. The van der Waals surface area contributed by atoms with Gasteiger partial charge in [-0.2, -0.15) is 5.26 Å². The van der Waals surface area contributed by atoms with E-state index in [4.69, 9.17) is 4.74 Å². The number of likely N-dealkylation sites (tertiary alicyclic amines) is 1. The number of nitriles is 1. The lowest BCUT2D eigenvalue weighted by Crippen LogP contribution is -2.36. The highest BCUT2D eigenvalue weighted by atomic mass is 16.5. The fourth-order valence-corrected chi connectivity index (χ4v) is 2.87. The molecule has 0 bridgehead atoms. The van der Waals surface area contributed by atoms with Crippen LogP contribution < -0.4 is 4.74 Å². The van der Waals surface area contributed by atoms with Crippen molar-refractivity contribution in [3.8, 4) is 11.8 Å². The Labute approximate surface area is 139 Å². The van der Waals surface area contributed by atoms with Crippen LogP contribution in [0.3, 0.4) is 0 Å². The number of carbonyl (C=O) groups excluding carboxylic acids is 1. The van der Waals surface area contributed by atoms with Crippen molar-refractivity contribution < 1.29 is 9.53 Å². The van der Waals surface area contributed by atoms with Crippen LogP contribution in [-0.2, 0) is 4.79 Å². The first-order chi connectivity index (χ1) is 11.2. The van der Waals surface area contributed by atoms with Gasteiger partial charge in [-0.3, -0.25) is 4.79 Å². The van der Waals surface area contributed by atoms with Gasteiger partial charge in [0.05, 0.1) is 12.7 Å². The molecule has 1 aromatic carbocycles. The Balaban J connectivity index is 1.74. The van der Waals surface area contributed by atoms with Crippen molar-refractivity contribution in [3.63, 3.8) is 0 Å². The fourth-order valence-electron chi connectivity index (χ4n) is 2.87. The summed E-state index contributed by atoms with van der Waals surface area (Å²) in [4.78, 5) is 14.3. The van der Waals surface area contributed by atoms with Crippen LogP contribution in [0.1, 0.15) is 44.1 Å². The average Bonchev–Trinajstić information content (AvgIpc) is 2.85. The van der Waals surface area contributed by atoms with Crippen molar-refractivity contribution >= 4 is 5.91 Å². The smallest absolute Gasteiger partial charge is 0.239 e. The standard InChI is InChI=1S/C19H26N2O2/c1-16-8-10-18(11-9-16)23-14-6-7-17(15-20)19(22)21-12-4-2-3-5-13-21/h8-11,17H,2-7,12-14H2,1H3. The lowest BCUT2D eigenvalue weighted by Gasteiger charge is -2.22. The van der Waals surface area contributed by atoms with E-state index in [0.29, 0.717) is 19.4 Å². The van der Waals surface area contributed by atoms with Crippen LogP contribution in [0.15, 0.2) is 24.3 Å². The van der Waals surface area contributed by atoms with Crippen LogP contribution in [0.4, 0.5) is 0 Å². The Morgan fingerprint density at radius 3 is 2.48 bits per heavy atom. The molecule has 0 radical (unpaired) electrons. The third kappa shape index (κ3) is 5.59. The fraction of sp³-hybridized carbons (Fsp3) is 0.579. The van der Waals surface area contributed by atoms with Gasteiger partial charge in [0.1, 0.15) is 11.7 Å². The Kier molecular flexibility index (Phi) is 6.93. The largest absolute Gasteiger partial charge is 0.494 e. The first-order valence-corrected chi connectivity index (χ1v) is 8.58. The number of nitrogens with zero attached hydrogens (tertiary/aromatic N) is 2. The van der Waals surface area contributed by atoms with Crippen molar-refractivity contribution in [2.24, 2.45) is 5.92 Å². The highest BCUT2D eigenvalue weighted by Gasteiger charge is 2.24. The maximum absolute atomic E-state index is 12.4. The third-order valence-corrected chi connectivity index (χ3v) is 4.30. The first kappa shape index (κ1) is 17.3. The third-order valence-electron chi connectivity index (χ3n) is 4.30. The predicted molar refractivity (Wildman–Crippen MR) is 90.1 cm³/mol. The molecule has 0 N–H and O–H groups in total. The van der Waals surface area contributed by atoms with Crippen molar-refractivity contribution in [2.45, 2.75) is 45.4 Å². The number of amides is 1. The van der Waals surface area contributed by atoms with E-state index in [9.17, 15) is 10.1 Å². The number of rotatable bonds is 6. The predicted octanol–water partition coefficient (Wildman–Crippen LogP) is 3.70. The summed E-state index contributed by atoms with van der Waals surface area (Å²) in [5, 5.41) is 9.31. The van der Waals surface area contributed by atoms with Gasteiger partial charge < -0.3 is 9.64 Å². The van der Waals surface area contributed by atoms with E-state index in [1.807, 2.05) is 36.1 Å². The van der Waals surface area contributed by atoms with E-state index in [1.54, 1.807) is 0 Å². The number of carbonyl (C=O) groups is 1. The average molecular weight is 314 g/mol. The van der Waals surface area contributed by atoms with Gasteiger partial charge in [-0.05, 0) is 44.7 Å². The summed E-state index contributed by atoms with van der Waals surface area (Å²) < 4.78 is 5.67. The first-order valence-electron chi connectivity index (χ1n) is 8.58. The molecule has 1 aromatic rings. The molecular formula is C19H26N2O2. The van der Waals surface area contributed by atoms with Crippen LogP contribution in [0.2, 0.25) is 0 Å². The SMILES string of the molecule is Cc1ccc(OCCCC(C#N)C(=O)N2CCCCCC2)cc1. The van der Waals surface area contributed by atoms with Gasteiger partial charge >= 0.3 is 0 Å². The molecule has 0 aromatic heterocycles. The van der Waals surface area contributed by atoms with Gasteiger partial charge in [-0.25, -0.2) is 0 Å². The monoisotopic (exact) mass is 314 g/mol. The Morgan fingerprint density at radius 2 is 1.87 bits per heavy atom. The second-order valence-corrected chi connectivity index (χ2v) is 6.22. The zero-order valence-electron chi connectivity index (χ0n) is 14.0. The Morgan fingerprint density at radius 1 is 1.22 bits per heavy atom. The molecule has 4 nitrogen and oxygen atoms in total. The minimum atomic E-state index is -0.533. The van der Waals surface area contributed by atoms with E-state index >= 15 is 0 Å². The van der Waals surface area contributed by atoms with Crippen molar-refractivity contribution in [1.82, 2.24) is 4.90 Å². The highest BCUT2D eigenvalue weighted by molar-refractivity contribution is 5.81. The molecule has 1 amide bonds. The highest BCUT2D eigenvalue weighted by Crippen LogP contribution is 2.17. The molecule has 1 heterocycles. The lowest BCUT2D eigenvalue weighted by atomic mass is 10.0. The maximum atomic E-state index is 12.4. The van der Waals surface area contributed by atoms with Gasteiger partial charge in [-0.1, -0.05) is 30.5 Å². The molecule has 0 aliphatic carbocycles. The topological polar surface area (TPSA) is 53.3 Å². The second-order valence-electron chi connectivity index (χ2n) is 6.22. The summed E-state index contributed by atoms with van der Waals surface area (Å²) in [6.45, 7) is 4.18. The Hall–Kier alpha value is -2.02. The zero-order valence-corrected chi connectivity index (χ0v) is 14.0. The van der Waals surface area contributed by atoms with Crippen molar-refractivity contribution in [3.05, 3.63) is 29.8 Å². The summed E-state index contributed by atoms with van der Waals surface area (Å²) in [7, 11) is 0. The van der Waals surface area contributed by atoms with Crippen molar-refractivity contribution in [1.29, 1.82) is 5.26 Å². The van der Waals surface area contributed by atoms with E-state index in [0.717, 1.165) is 31.7 Å². The summed E-state index contributed by atoms with van der Waals surface area (Å²) in [6, 6.07) is 10.1. The molecule has 2 rings (SSSR count). The molecule has 1 saturated heterocycles. The molecule has 1 unspecified atom stereocenters. The lowest BCUT2D eigenvalue weighted by molar-refractivity contribution is -0.133. The molecule has 23 heavy (non-hydrogen) atoms. The van der Waals surface area contributed by atoms with Gasteiger partial charge in [-0.15, -0.1) is 0 Å². The summed E-state index contributed by atoms with van der Waals surface area (Å²) in [5.41, 5.74) is 1.20. The summed E-state index contributed by atoms with van der Waals surface area (Å²) >= 11 is 0. The number of ether oxygens (including phenoxy) is 1. The molecule has 1 aliphatic rings. The molecule has 1 aliphatic heterocycles. The number of hydrogen-bond acceptors (Lipinski definition) is 3. The van der Waals surface area contributed by atoms with Crippen LogP contribution in [0.25, 0.3) is 0 Å². The van der Waals surface area contributed by atoms with Gasteiger partial charge in [0.15, 0.2) is 0 Å². The van der Waals surface area contributed by atoms with Crippen molar-refractivity contribution in [2.75, 3.05) is 19.7 Å². The molecular weight excluding hydrogens is 288 g/mol. The molecule has 1 fully saturated rings. The van der Waals surface area contributed by atoms with E-state index in [2.05, 4.69) is 6.07 Å². The van der Waals surface area contributed by atoms with Gasteiger partial charge in [0, 0.05) is 13.1 Å². The molecule has 0 saturated carbocycles. The van der Waals surface area contributed by atoms with Crippen LogP contribution >= 0.6 is 0 Å². The minimum absolute atomic E-state index is 0.00439. The summed E-state index contributed by atoms with van der Waals surface area (Å²) in [6.07, 6.45) is 5.76. The molecule has 124 valence electrons. The number of hydrogen-bond donors (Lipinski definition) is 0. The van der Waals surface area contributed by atoms with E-state index in [-0.39, 0.29) is 5.91 Å². The molecule has 4 heteroatoms. The summed E-state index contributed by atoms with van der Waals surface area (Å²) in [5.74, 6) is 0.308. The maximum Gasteiger partial charge on any atom is 0.239 e. The second kappa shape index (κ2) is 9.19.